The number of benzene rings is 1. The average Bonchev–Trinajstić information content (AvgIpc) is 2.66. The number of rotatable bonds is 0. The number of phenolic OH excluding ortho intramolecular Hbond substituents is 1. The van der Waals surface area contributed by atoms with Crippen molar-refractivity contribution in [3.63, 3.8) is 0 Å². The van der Waals surface area contributed by atoms with Crippen molar-refractivity contribution in [2.24, 2.45) is 0 Å². The van der Waals surface area contributed by atoms with Crippen molar-refractivity contribution in [2.45, 2.75) is 39.8 Å². The minimum absolute atomic E-state index is 0.0217. The van der Waals surface area contributed by atoms with E-state index in [4.69, 9.17) is 0 Å². The van der Waals surface area contributed by atoms with Gasteiger partial charge in [-0.3, -0.25) is 4.79 Å². The van der Waals surface area contributed by atoms with Gasteiger partial charge in [-0.15, -0.1) is 0 Å². The van der Waals surface area contributed by atoms with Crippen LogP contribution in [0.2, 0.25) is 0 Å². The Kier molecular flexibility index (Phi) is 5.63. The fourth-order valence-electron chi connectivity index (χ4n) is 2.30. The summed E-state index contributed by atoms with van der Waals surface area (Å²) in [5, 5.41) is 9.93. The number of hydrogen-bond donors (Lipinski definition) is 1. The van der Waals surface area contributed by atoms with Crippen molar-refractivity contribution < 1.29 is 23.1 Å². The first-order valence-corrected chi connectivity index (χ1v) is 6.97. The molecule has 0 atom stereocenters. The Morgan fingerprint density at radius 2 is 1.76 bits per heavy atom. The van der Waals surface area contributed by atoms with Gasteiger partial charge in [0, 0.05) is 13.1 Å². The minimum Gasteiger partial charge on any atom is -0.507 e. The molecule has 0 aliphatic carbocycles. The minimum atomic E-state index is -4.84. The molecule has 0 fully saturated rings. The van der Waals surface area contributed by atoms with Gasteiger partial charge in [0.2, 0.25) is 0 Å². The molecule has 1 aromatic carbocycles. The van der Waals surface area contributed by atoms with Gasteiger partial charge < -0.3 is 10.0 Å². The van der Waals surface area contributed by atoms with Gasteiger partial charge in [0.15, 0.2) is 0 Å². The number of carbonyl (C=O) groups excluding carboxylic acids is 1. The van der Waals surface area contributed by atoms with E-state index in [0.29, 0.717) is 17.5 Å². The fourth-order valence-corrected chi connectivity index (χ4v) is 2.30. The number of phenols is 1. The van der Waals surface area contributed by atoms with Crippen LogP contribution in [0, 0.1) is 6.92 Å². The molecule has 1 aromatic rings. The molecular formula is C15H20F3NO2. The Labute approximate surface area is 122 Å². The van der Waals surface area contributed by atoms with E-state index in [1.54, 1.807) is 19.1 Å². The Morgan fingerprint density at radius 3 is 2.33 bits per heavy atom. The smallest absolute Gasteiger partial charge is 0.471 e. The summed E-state index contributed by atoms with van der Waals surface area (Å²) in [5.41, 5.74) is 2.15. The van der Waals surface area contributed by atoms with Crippen LogP contribution in [-0.2, 0) is 17.6 Å². The van der Waals surface area contributed by atoms with Gasteiger partial charge in [-0.25, -0.2) is 0 Å². The van der Waals surface area contributed by atoms with Crippen molar-refractivity contribution in [2.75, 3.05) is 13.1 Å². The lowest BCUT2D eigenvalue weighted by Crippen LogP contribution is -2.42. The first-order chi connectivity index (χ1) is 9.80. The Hall–Kier alpha value is -1.72. The second-order valence-electron chi connectivity index (χ2n) is 4.66. The van der Waals surface area contributed by atoms with Gasteiger partial charge in [0.05, 0.1) is 0 Å². The van der Waals surface area contributed by atoms with E-state index in [0.717, 1.165) is 10.5 Å². The van der Waals surface area contributed by atoms with E-state index >= 15 is 0 Å². The van der Waals surface area contributed by atoms with Crippen LogP contribution < -0.4 is 0 Å². The summed E-state index contributed by atoms with van der Waals surface area (Å²) in [5.74, 6) is -1.68. The van der Waals surface area contributed by atoms with E-state index in [-0.39, 0.29) is 25.3 Å². The molecular weight excluding hydrogens is 283 g/mol. The van der Waals surface area contributed by atoms with Crippen molar-refractivity contribution in [1.29, 1.82) is 0 Å². The predicted molar refractivity (Wildman–Crippen MR) is 74.2 cm³/mol. The molecule has 0 radical (unpaired) electrons. The molecule has 21 heavy (non-hydrogen) atoms. The van der Waals surface area contributed by atoms with Crippen LogP contribution in [0.5, 0.6) is 5.75 Å². The standard InChI is InChI=1S/C13H14F3NO2.C2H6/c1-8-2-3-9-4-6-17(12(19)13(14,15)16)7-5-10(9)11(8)18;1-2/h2-3,18H,4-7H2,1H3;1-2H3. The summed E-state index contributed by atoms with van der Waals surface area (Å²) in [6, 6.07) is 3.53. The first kappa shape index (κ1) is 17.3. The monoisotopic (exact) mass is 303 g/mol. The largest absolute Gasteiger partial charge is 0.507 e. The molecule has 0 saturated heterocycles. The maximum Gasteiger partial charge on any atom is 0.471 e. The highest BCUT2D eigenvalue weighted by Gasteiger charge is 2.42. The van der Waals surface area contributed by atoms with Gasteiger partial charge in [0.1, 0.15) is 5.75 Å². The quantitative estimate of drug-likeness (QED) is 0.799. The molecule has 0 spiro atoms. The Morgan fingerprint density at radius 1 is 1.19 bits per heavy atom. The molecule has 6 heteroatoms. The van der Waals surface area contributed by atoms with Crippen LogP contribution in [-0.4, -0.2) is 35.2 Å². The molecule has 1 aliphatic heterocycles. The second kappa shape index (κ2) is 6.83. The number of amides is 1. The van der Waals surface area contributed by atoms with Crippen LogP contribution in [0.15, 0.2) is 12.1 Å². The molecule has 0 unspecified atom stereocenters. The first-order valence-electron chi connectivity index (χ1n) is 6.97. The van der Waals surface area contributed by atoms with Gasteiger partial charge in [-0.1, -0.05) is 26.0 Å². The second-order valence-corrected chi connectivity index (χ2v) is 4.66. The van der Waals surface area contributed by atoms with E-state index in [1.807, 2.05) is 13.8 Å². The highest BCUT2D eigenvalue weighted by molar-refractivity contribution is 5.82. The number of hydrogen-bond acceptors (Lipinski definition) is 2. The molecule has 0 bridgehead atoms. The Bertz CT molecular complexity index is 512. The highest BCUT2D eigenvalue weighted by Crippen LogP contribution is 2.29. The lowest BCUT2D eigenvalue weighted by Gasteiger charge is -2.21. The van der Waals surface area contributed by atoms with Gasteiger partial charge >= 0.3 is 12.1 Å². The summed E-state index contributed by atoms with van der Waals surface area (Å²) < 4.78 is 37.2. The number of halogens is 3. The molecule has 1 aliphatic rings. The zero-order valence-electron chi connectivity index (χ0n) is 12.4. The van der Waals surface area contributed by atoms with Gasteiger partial charge in [-0.05, 0) is 36.5 Å². The zero-order chi connectivity index (χ0) is 16.2. The van der Waals surface area contributed by atoms with Crippen LogP contribution in [0.25, 0.3) is 0 Å². The normalized spacial score (nSPS) is 14.7. The van der Waals surface area contributed by atoms with Crippen LogP contribution in [0.4, 0.5) is 13.2 Å². The molecule has 1 heterocycles. The van der Waals surface area contributed by atoms with Gasteiger partial charge in [0.25, 0.3) is 0 Å². The third-order valence-electron chi connectivity index (χ3n) is 3.39. The van der Waals surface area contributed by atoms with Crippen LogP contribution >= 0.6 is 0 Å². The summed E-state index contributed by atoms with van der Waals surface area (Å²) in [4.78, 5) is 12.0. The lowest BCUT2D eigenvalue weighted by molar-refractivity contribution is -0.185. The summed E-state index contributed by atoms with van der Waals surface area (Å²) in [6.45, 7) is 5.73. The molecule has 0 aromatic heterocycles. The summed E-state index contributed by atoms with van der Waals surface area (Å²) >= 11 is 0. The topological polar surface area (TPSA) is 40.5 Å². The maximum absolute atomic E-state index is 12.4. The van der Waals surface area contributed by atoms with Crippen molar-refractivity contribution in [1.82, 2.24) is 4.90 Å². The molecule has 0 saturated carbocycles. The van der Waals surface area contributed by atoms with E-state index in [1.165, 1.54) is 0 Å². The fraction of sp³-hybridized carbons (Fsp3) is 0.533. The highest BCUT2D eigenvalue weighted by atomic mass is 19.4. The SMILES string of the molecule is CC.Cc1ccc2c(c1O)CCN(C(=O)C(F)(F)F)CC2. The predicted octanol–water partition coefficient (Wildman–Crippen LogP) is 3.22. The van der Waals surface area contributed by atoms with E-state index < -0.39 is 12.1 Å². The third-order valence-corrected chi connectivity index (χ3v) is 3.39. The number of carbonyl (C=O) groups is 1. The van der Waals surface area contributed by atoms with E-state index in [9.17, 15) is 23.1 Å². The van der Waals surface area contributed by atoms with Crippen molar-refractivity contribution >= 4 is 5.91 Å². The van der Waals surface area contributed by atoms with Crippen LogP contribution in [0.3, 0.4) is 0 Å². The molecule has 3 nitrogen and oxygen atoms in total. The summed E-state index contributed by atoms with van der Waals surface area (Å²) in [7, 11) is 0. The van der Waals surface area contributed by atoms with Gasteiger partial charge in [-0.2, -0.15) is 13.2 Å². The maximum atomic E-state index is 12.4. The number of alkyl halides is 3. The van der Waals surface area contributed by atoms with Crippen molar-refractivity contribution in [3.05, 3.63) is 28.8 Å². The van der Waals surface area contributed by atoms with E-state index in [2.05, 4.69) is 0 Å². The summed E-state index contributed by atoms with van der Waals surface area (Å²) in [6.07, 6.45) is -4.27. The number of nitrogens with zero attached hydrogens (tertiary/aromatic N) is 1. The molecule has 118 valence electrons. The molecule has 2 rings (SSSR count). The number of aromatic hydroxyl groups is 1. The average molecular weight is 303 g/mol. The van der Waals surface area contributed by atoms with Crippen molar-refractivity contribution in [3.8, 4) is 5.75 Å². The van der Waals surface area contributed by atoms with Crippen LogP contribution in [0.1, 0.15) is 30.5 Å². The molecule has 1 amide bonds. The zero-order valence-corrected chi connectivity index (χ0v) is 12.4. The molecule has 1 N–H and O–H groups in total. The third kappa shape index (κ3) is 3.89. The Balaban J connectivity index is 0.00000106. The lowest BCUT2D eigenvalue weighted by atomic mass is 9.99. The number of fused-ring (bicyclic) bond motifs is 1. The number of aryl methyl sites for hydroxylation is 1.